The number of hydrogen-bond donors (Lipinski definition) is 1. The van der Waals surface area contributed by atoms with Crippen LogP contribution in [0, 0.1) is 0 Å². The van der Waals surface area contributed by atoms with Crippen LogP contribution in [0.5, 0.6) is 0 Å². The average Bonchev–Trinajstić information content (AvgIpc) is 2.78. The molecule has 0 spiro atoms. The smallest absolute Gasteiger partial charge is 0.151 e. The minimum absolute atomic E-state index is 0.142. The van der Waals surface area contributed by atoms with Crippen molar-refractivity contribution >= 4 is 9.84 Å². The lowest BCUT2D eigenvalue weighted by atomic mass is 10.1. The number of sulfone groups is 1. The quantitative estimate of drug-likeness (QED) is 0.884. The van der Waals surface area contributed by atoms with Crippen molar-refractivity contribution in [1.29, 1.82) is 0 Å². The number of benzene rings is 1. The van der Waals surface area contributed by atoms with Crippen molar-refractivity contribution in [3.05, 3.63) is 35.9 Å². The van der Waals surface area contributed by atoms with Gasteiger partial charge >= 0.3 is 0 Å². The first-order valence-corrected chi connectivity index (χ1v) is 8.49. The van der Waals surface area contributed by atoms with Crippen LogP contribution in [0.3, 0.4) is 0 Å². The minimum atomic E-state index is -2.91. The fraction of sp³-hybridized carbons (Fsp3) is 0.571. The van der Waals surface area contributed by atoms with Crippen LogP contribution >= 0.6 is 0 Å². The lowest BCUT2D eigenvalue weighted by Gasteiger charge is -2.19. The molecule has 2 unspecified atom stereocenters. The molecular weight excluding hydrogens is 246 g/mol. The second-order valence-corrected chi connectivity index (χ2v) is 7.36. The van der Waals surface area contributed by atoms with E-state index in [9.17, 15) is 8.42 Å². The molecule has 100 valence electrons. The molecule has 2 atom stereocenters. The summed E-state index contributed by atoms with van der Waals surface area (Å²) in [5, 5.41) is 3.22. The van der Waals surface area contributed by atoms with Gasteiger partial charge in [0.25, 0.3) is 0 Å². The number of hydrogen-bond acceptors (Lipinski definition) is 3. The van der Waals surface area contributed by atoms with E-state index in [-0.39, 0.29) is 11.3 Å². The largest absolute Gasteiger partial charge is 0.312 e. The van der Waals surface area contributed by atoms with E-state index in [4.69, 9.17) is 0 Å². The molecule has 3 nitrogen and oxygen atoms in total. The minimum Gasteiger partial charge on any atom is -0.312 e. The predicted octanol–water partition coefficient (Wildman–Crippen LogP) is 1.78. The van der Waals surface area contributed by atoms with Crippen LogP contribution in [-0.4, -0.2) is 32.5 Å². The van der Waals surface area contributed by atoms with Gasteiger partial charge in [0, 0.05) is 12.3 Å². The molecule has 1 fully saturated rings. The van der Waals surface area contributed by atoms with Gasteiger partial charge in [-0.1, -0.05) is 36.8 Å². The topological polar surface area (TPSA) is 46.2 Å². The second-order valence-electron chi connectivity index (χ2n) is 5.10. The highest BCUT2D eigenvalue weighted by Crippen LogP contribution is 2.24. The molecule has 0 radical (unpaired) electrons. The highest BCUT2D eigenvalue weighted by atomic mass is 32.2. The van der Waals surface area contributed by atoms with Gasteiger partial charge in [0.15, 0.2) is 9.84 Å². The molecule has 0 bridgehead atoms. The Bertz CT molecular complexity index is 470. The average molecular weight is 267 g/mol. The summed E-state index contributed by atoms with van der Waals surface area (Å²) in [6.45, 7) is 0.848. The second kappa shape index (κ2) is 5.85. The van der Waals surface area contributed by atoms with E-state index >= 15 is 0 Å². The van der Waals surface area contributed by atoms with Crippen molar-refractivity contribution in [3.8, 4) is 0 Å². The van der Waals surface area contributed by atoms with E-state index in [2.05, 4.69) is 17.4 Å². The third-order valence-electron chi connectivity index (χ3n) is 3.67. The van der Waals surface area contributed by atoms with Gasteiger partial charge in [0.2, 0.25) is 0 Å². The molecule has 1 aromatic carbocycles. The first kappa shape index (κ1) is 13.6. The van der Waals surface area contributed by atoms with Crippen LogP contribution < -0.4 is 5.32 Å². The summed E-state index contributed by atoms with van der Waals surface area (Å²) in [5.74, 6) is 0. The van der Waals surface area contributed by atoms with Crippen LogP contribution in [0.1, 0.15) is 24.8 Å². The molecule has 0 aromatic heterocycles. The molecule has 1 aliphatic rings. The van der Waals surface area contributed by atoms with Crippen LogP contribution in [0.15, 0.2) is 30.3 Å². The van der Waals surface area contributed by atoms with E-state index < -0.39 is 9.84 Å². The molecular formula is C14H21NO2S. The van der Waals surface area contributed by atoms with Crippen molar-refractivity contribution < 1.29 is 8.42 Å². The normalized spacial score (nSPS) is 24.3. The first-order valence-electron chi connectivity index (χ1n) is 6.53. The van der Waals surface area contributed by atoms with E-state index in [1.807, 2.05) is 18.2 Å². The highest BCUT2D eigenvalue weighted by Gasteiger charge is 2.34. The Hall–Kier alpha value is -0.870. The Kier molecular flexibility index (Phi) is 4.40. The third kappa shape index (κ3) is 3.56. The molecule has 2 rings (SSSR count). The number of rotatable bonds is 5. The summed E-state index contributed by atoms with van der Waals surface area (Å²) in [7, 11) is -2.91. The molecule has 1 aromatic rings. The molecule has 1 N–H and O–H groups in total. The molecule has 4 heteroatoms. The van der Waals surface area contributed by atoms with E-state index in [0.29, 0.717) is 0 Å². The van der Waals surface area contributed by atoms with Crippen LogP contribution in [0.25, 0.3) is 0 Å². The lowest BCUT2D eigenvalue weighted by molar-refractivity contribution is 0.510. The Labute approximate surface area is 110 Å². The molecule has 0 heterocycles. The molecule has 1 aliphatic carbocycles. The van der Waals surface area contributed by atoms with Gasteiger partial charge in [-0.15, -0.1) is 0 Å². The zero-order valence-corrected chi connectivity index (χ0v) is 11.6. The van der Waals surface area contributed by atoms with E-state index in [1.165, 1.54) is 11.8 Å². The maximum Gasteiger partial charge on any atom is 0.151 e. The van der Waals surface area contributed by atoms with E-state index in [0.717, 1.165) is 32.2 Å². The zero-order chi connectivity index (χ0) is 13.0. The fourth-order valence-corrected chi connectivity index (χ4v) is 4.14. The fourth-order valence-electron chi connectivity index (χ4n) is 2.72. The monoisotopic (exact) mass is 267 g/mol. The Morgan fingerprint density at radius 2 is 1.94 bits per heavy atom. The predicted molar refractivity (Wildman–Crippen MR) is 74.4 cm³/mol. The summed E-state index contributed by atoms with van der Waals surface area (Å²) < 4.78 is 23.3. The Morgan fingerprint density at radius 1 is 1.22 bits per heavy atom. The third-order valence-corrected chi connectivity index (χ3v) is 5.33. The van der Waals surface area contributed by atoms with Crippen molar-refractivity contribution in [2.24, 2.45) is 0 Å². The first-order chi connectivity index (χ1) is 8.57. The standard InChI is InChI=1S/C14H21NO2S/c1-18(16,17)14-9-5-8-13(14)15-11-10-12-6-3-2-4-7-12/h2-4,6-7,13-15H,5,8-11H2,1H3. The van der Waals surface area contributed by atoms with Gasteiger partial charge in [-0.2, -0.15) is 0 Å². The van der Waals surface area contributed by atoms with Crippen molar-refractivity contribution in [1.82, 2.24) is 5.32 Å². The number of nitrogens with one attached hydrogen (secondary N) is 1. The van der Waals surface area contributed by atoms with Gasteiger partial charge in [-0.3, -0.25) is 0 Å². The van der Waals surface area contributed by atoms with Gasteiger partial charge in [-0.05, 0) is 31.4 Å². The zero-order valence-electron chi connectivity index (χ0n) is 10.8. The summed E-state index contributed by atoms with van der Waals surface area (Å²) in [6, 6.07) is 10.4. The maximum absolute atomic E-state index is 11.6. The van der Waals surface area contributed by atoms with Gasteiger partial charge in [0.1, 0.15) is 0 Å². The summed E-state index contributed by atoms with van der Waals surface area (Å²) in [5.41, 5.74) is 1.29. The van der Waals surface area contributed by atoms with Crippen LogP contribution in [0.4, 0.5) is 0 Å². The van der Waals surface area contributed by atoms with E-state index in [1.54, 1.807) is 0 Å². The van der Waals surface area contributed by atoms with Gasteiger partial charge < -0.3 is 5.32 Å². The highest BCUT2D eigenvalue weighted by molar-refractivity contribution is 7.91. The molecule has 18 heavy (non-hydrogen) atoms. The lowest BCUT2D eigenvalue weighted by Crippen LogP contribution is -2.40. The van der Waals surface area contributed by atoms with Gasteiger partial charge in [-0.25, -0.2) is 8.42 Å². The van der Waals surface area contributed by atoms with Crippen LogP contribution in [0.2, 0.25) is 0 Å². The maximum atomic E-state index is 11.6. The summed E-state index contributed by atoms with van der Waals surface area (Å²) in [6.07, 6.45) is 5.11. The molecule has 0 aliphatic heterocycles. The Morgan fingerprint density at radius 3 is 2.61 bits per heavy atom. The molecule has 0 saturated heterocycles. The molecule has 1 saturated carbocycles. The summed E-state index contributed by atoms with van der Waals surface area (Å²) in [4.78, 5) is 0. The van der Waals surface area contributed by atoms with Crippen molar-refractivity contribution in [3.63, 3.8) is 0 Å². The van der Waals surface area contributed by atoms with Crippen molar-refractivity contribution in [2.45, 2.75) is 37.0 Å². The summed E-state index contributed by atoms with van der Waals surface area (Å²) >= 11 is 0. The molecule has 0 amide bonds. The van der Waals surface area contributed by atoms with Gasteiger partial charge in [0.05, 0.1) is 5.25 Å². The SMILES string of the molecule is CS(=O)(=O)C1CCCC1NCCc1ccccc1. The Balaban J connectivity index is 1.83. The van der Waals surface area contributed by atoms with Crippen LogP contribution in [-0.2, 0) is 16.3 Å². The van der Waals surface area contributed by atoms with Crippen molar-refractivity contribution in [2.75, 3.05) is 12.8 Å².